The molecule has 1 aliphatic heterocycles. The molecule has 1 N–H and O–H groups in total. The van der Waals surface area contributed by atoms with E-state index in [-0.39, 0.29) is 11.8 Å². The largest absolute Gasteiger partial charge is 0.481 e. The minimum atomic E-state index is -1.05. The van der Waals surface area contributed by atoms with Crippen molar-refractivity contribution < 1.29 is 18.3 Å². The Labute approximate surface area is 208 Å². The van der Waals surface area contributed by atoms with Gasteiger partial charge in [0.2, 0.25) is 5.88 Å². The fourth-order valence-electron chi connectivity index (χ4n) is 4.71. The number of fused-ring (bicyclic) bond motifs is 2. The van der Waals surface area contributed by atoms with Gasteiger partial charge in [0.05, 0.1) is 12.6 Å². The van der Waals surface area contributed by atoms with E-state index in [0.717, 1.165) is 21.7 Å². The molecule has 9 heteroatoms. The fraction of sp³-hybridized carbons (Fsp3) is 0.240. The summed E-state index contributed by atoms with van der Waals surface area (Å²) in [6.07, 6.45) is 2.60. The van der Waals surface area contributed by atoms with Crippen molar-refractivity contribution in [1.29, 1.82) is 0 Å². The van der Waals surface area contributed by atoms with E-state index in [1.165, 1.54) is 23.9 Å². The van der Waals surface area contributed by atoms with Crippen LogP contribution in [0.25, 0.3) is 0 Å². The highest BCUT2D eigenvalue weighted by molar-refractivity contribution is 9.10. The molecule has 0 saturated carbocycles. The first-order chi connectivity index (χ1) is 16.4. The van der Waals surface area contributed by atoms with Crippen LogP contribution < -0.4 is 10.1 Å². The van der Waals surface area contributed by atoms with Gasteiger partial charge in [0.1, 0.15) is 11.6 Å². The zero-order valence-electron chi connectivity index (χ0n) is 18.1. The van der Waals surface area contributed by atoms with Crippen LogP contribution in [0.5, 0.6) is 5.88 Å². The van der Waals surface area contributed by atoms with Crippen LogP contribution >= 0.6 is 27.7 Å². The molecule has 5 rings (SSSR count). The van der Waals surface area contributed by atoms with Crippen molar-refractivity contribution in [1.82, 2.24) is 10.3 Å². The van der Waals surface area contributed by atoms with Crippen molar-refractivity contribution in [3.63, 3.8) is 0 Å². The summed E-state index contributed by atoms with van der Waals surface area (Å²) in [6.45, 7) is 0. The van der Waals surface area contributed by atoms with Crippen LogP contribution in [0, 0.1) is 17.6 Å². The molecule has 0 saturated heterocycles. The molecule has 174 valence electrons. The van der Waals surface area contributed by atoms with Gasteiger partial charge in [-0.2, -0.15) is 0 Å². The Morgan fingerprint density at radius 2 is 2.00 bits per heavy atom. The molecule has 1 aromatic heterocycles. The summed E-state index contributed by atoms with van der Waals surface area (Å²) in [7, 11) is 1.54. The minimum Gasteiger partial charge on any atom is -0.481 e. The van der Waals surface area contributed by atoms with Crippen molar-refractivity contribution in [2.75, 3.05) is 12.9 Å². The topological polar surface area (TPSA) is 63.6 Å². The van der Waals surface area contributed by atoms with E-state index >= 15 is 4.39 Å². The zero-order valence-corrected chi connectivity index (χ0v) is 20.6. The molecule has 2 heterocycles. The van der Waals surface area contributed by atoms with Gasteiger partial charge in [0.25, 0.3) is 5.91 Å². The molecule has 2 aromatic carbocycles. The summed E-state index contributed by atoms with van der Waals surface area (Å²) in [5.74, 6) is -0.661. The number of halogens is 3. The van der Waals surface area contributed by atoms with Crippen LogP contribution in [-0.2, 0) is 18.4 Å². The number of methoxy groups -OCH3 is 1. The van der Waals surface area contributed by atoms with Gasteiger partial charge in [0.15, 0.2) is 5.17 Å². The molecule has 3 aromatic rings. The van der Waals surface area contributed by atoms with Crippen molar-refractivity contribution >= 4 is 38.8 Å². The summed E-state index contributed by atoms with van der Waals surface area (Å²) in [6, 6.07) is 12.4. The van der Waals surface area contributed by atoms with E-state index in [2.05, 4.69) is 26.2 Å². The second-order valence-electron chi connectivity index (χ2n) is 8.25. The number of carbonyl (C=O) groups is 1. The van der Waals surface area contributed by atoms with Crippen molar-refractivity contribution in [3.8, 4) is 5.88 Å². The van der Waals surface area contributed by atoms with E-state index in [9.17, 15) is 9.18 Å². The van der Waals surface area contributed by atoms with Gasteiger partial charge in [-0.15, -0.1) is 0 Å². The summed E-state index contributed by atoms with van der Waals surface area (Å²) >= 11 is 5.01. The maximum atomic E-state index is 15.2. The van der Waals surface area contributed by atoms with Crippen LogP contribution in [0.1, 0.15) is 27.0 Å². The number of carbonyl (C=O) groups excluding carboxylic acids is 1. The Balaban J connectivity index is 1.63. The lowest BCUT2D eigenvalue weighted by Gasteiger charge is -2.45. The van der Waals surface area contributed by atoms with Gasteiger partial charge < -0.3 is 10.1 Å². The number of nitrogens with one attached hydrogen (secondary N) is 1. The van der Waals surface area contributed by atoms with Gasteiger partial charge in [0, 0.05) is 51.5 Å². The van der Waals surface area contributed by atoms with Crippen molar-refractivity contribution in [3.05, 3.63) is 93.1 Å². The Morgan fingerprint density at radius 1 is 1.21 bits per heavy atom. The lowest BCUT2D eigenvalue weighted by atomic mass is 9.67. The number of pyridine rings is 1. The van der Waals surface area contributed by atoms with Crippen LogP contribution in [0.15, 0.2) is 64.2 Å². The number of amides is 1. The standard InChI is InChI=1S/C25H20BrF2N3O2S/c1-33-23-18-11-25(19-8-7-16(27)10-21(19)28)15(9-17(18)20(26)12-29-23)13-34-24(31-25)30-22(32)14-5-3-2-4-6-14/h2-8,10,12,15H,9,11,13H2,1H3,(H,30,31,32)/t15-,25-/m0/s1. The third-order valence-electron chi connectivity index (χ3n) is 6.35. The maximum absolute atomic E-state index is 15.2. The summed E-state index contributed by atoms with van der Waals surface area (Å²) < 4.78 is 35.4. The number of benzene rings is 2. The third kappa shape index (κ3) is 4.01. The monoisotopic (exact) mass is 543 g/mol. The Bertz CT molecular complexity index is 1300. The zero-order chi connectivity index (χ0) is 23.9. The predicted molar refractivity (Wildman–Crippen MR) is 131 cm³/mol. The highest BCUT2D eigenvalue weighted by Gasteiger charge is 2.49. The van der Waals surface area contributed by atoms with E-state index in [1.54, 1.807) is 37.6 Å². The molecule has 34 heavy (non-hydrogen) atoms. The number of thioether (sulfide) groups is 1. The SMILES string of the molecule is COc1ncc(Br)c2c1C[C@]1(c3ccc(F)cc3F)N=C(NC(=O)c3ccccc3)SC[C@@H]1C2. The molecule has 5 nitrogen and oxygen atoms in total. The number of hydrogen-bond donors (Lipinski definition) is 1. The second-order valence-corrected chi connectivity index (χ2v) is 10.1. The Morgan fingerprint density at radius 3 is 2.74 bits per heavy atom. The Hall–Kier alpha value is -2.78. The predicted octanol–water partition coefficient (Wildman–Crippen LogP) is 5.27. The van der Waals surface area contributed by atoms with Gasteiger partial charge in [-0.3, -0.25) is 4.79 Å². The van der Waals surface area contributed by atoms with E-state index in [0.29, 0.717) is 40.8 Å². The quantitative estimate of drug-likeness (QED) is 0.488. The average molecular weight is 544 g/mol. The summed E-state index contributed by atoms with van der Waals surface area (Å²) in [5.41, 5.74) is 1.60. The molecule has 0 fully saturated rings. The molecule has 0 spiro atoms. The van der Waals surface area contributed by atoms with Crippen LogP contribution in [0.2, 0.25) is 0 Å². The first-order valence-corrected chi connectivity index (χ1v) is 12.4. The number of rotatable bonds is 3. The summed E-state index contributed by atoms with van der Waals surface area (Å²) in [5, 5.41) is 3.28. The number of nitrogens with zero attached hydrogens (tertiary/aromatic N) is 2. The molecule has 1 aliphatic carbocycles. The normalized spacial score (nSPS) is 21.2. The van der Waals surface area contributed by atoms with Crippen LogP contribution in [0.3, 0.4) is 0 Å². The van der Waals surface area contributed by atoms with Crippen LogP contribution in [0.4, 0.5) is 8.78 Å². The molecular weight excluding hydrogens is 524 g/mol. The lowest BCUT2D eigenvalue weighted by Crippen LogP contribution is -2.48. The molecule has 0 unspecified atom stereocenters. The third-order valence-corrected chi connectivity index (χ3v) is 8.07. The van der Waals surface area contributed by atoms with Gasteiger partial charge in [-0.25, -0.2) is 18.8 Å². The highest BCUT2D eigenvalue weighted by Crippen LogP contribution is 2.51. The molecule has 2 aliphatic rings. The summed E-state index contributed by atoms with van der Waals surface area (Å²) in [4.78, 5) is 22.1. The molecule has 2 atom stereocenters. The van der Waals surface area contributed by atoms with E-state index < -0.39 is 17.2 Å². The first-order valence-electron chi connectivity index (χ1n) is 10.7. The molecule has 1 amide bonds. The van der Waals surface area contributed by atoms with Gasteiger partial charge in [-0.05, 0) is 46.1 Å². The van der Waals surface area contributed by atoms with Gasteiger partial charge >= 0.3 is 0 Å². The smallest absolute Gasteiger partial charge is 0.257 e. The molecular formula is C25H20BrF2N3O2S. The average Bonchev–Trinajstić information content (AvgIpc) is 2.83. The minimum absolute atomic E-state index is 0.0919. The Kier molecular flexibility index (Phi) is 6.16. The van der Waals surface area contributed by atoms with E-state index in [1.807, 2.05) is 6.07 Å². The van der Waals surface area contributed by atoms with Crippen molar-refractivity contribution in [2.24, 2.45) is 10.9 Å². The number of aliphatic imine (C=N–C) groups is 1. The second kappa shape index (κ2) is 9.11. The number of amidine groups is 1. The number of aromatic nitrogens is 1. The molecule has 0 radical (unpaired) electrons. The number of hydrogen-bond acceptors (Lipinski definition) is 5. The van der Waals surface area contributed by atoms with Crippen molar-refractivity contribution in [2.45, 2.75) is 18.4 Å². The van der Waals surface area contributed by atoms with Gasteiger partial charge in [-0.1, -0.05) is 36.0 Å². The van der Waals surface area contributed by atoms with Crippen LogP contribution in [-0.4, -0.2) is 28.9 Å². The maximum Gasteiger partial charge on any atom is 0.257 e. The van der Waals surface area contributed by atoms with E-state index in [4.69, 9.17) is 9.73 Å². The lowest BCUT2D eigenvalue weighted by molar-refractivity contribution is 0.0977. The highest BCUT2D eigenvalue weighted by atomic mass is 79.9. The number of ether oxygens (including phenoxy) is 1. The first kappa shape index (κ1) is 23.0. The molecule has 0 bridgehead atoms. The fourth-order valence-corrected chi connectivity index (χ4v) is 6.36.